The van der Waals surface area contributed by atoms with Crippen molar-refractivity contribution in [1.29, 1.82) is 0 Å². The molecule has 4 bridgehead atoms. The van der Waals surface area contributed by atoms with Crippen LogP contribution in [0.15, 0.2) is 73.8 Å². The Hall–Kier alpha value is -8.20. The van der Waals surface area contributed by atoms with Crippen LogP contribution in [0.25, 0.3) is 44.1 Å². The van der Waals surface area contributed by atoms with Crippen LogP contribution in [0.3, 0.4) is 0 Å². The molecule has 8 heterocycles. The number of H-pyrrole nitrogens is 4. The molecule has 21 nitrogen and oxygen atoms in total. The van der Waals surface area contributed by atoms with Crippen LogP contribution in [0.1, 0.15) is 198 Å². The van der Waals surface area contributed by atoms with E-state index in [9.17, 15) is 24.3 Å². The van der Waals surface area contributed by atoms with Gasteiger partial charge >= 0.3 is 23.9 Å². The van der Waals surface area contributed by atoms with Gasteiger partial charge in [-0.25, -0.2) is 39.1 Å². The first kappa shape index (κ1) is 62.4. The van der Waals surface area contributed by atoms with E-state index in [1.807, 2.05) is 76.7 Å². The van der Waals surface area contributed by atoms with Crippen molar-refractivity contribution in [3.63, 3.8) is 0 Å². The van der Waals surface area contributed by atoms with Crippen LogP contribution in [-0.2, 0) is 18.9 Å². The van der Waals surface area contributed by atoms with Gasteiger partial charge in [0.15, 0.2) is 0 Å². The molecule has 0 aliphatic heterocycles. The average Bonchev–Trinajstić information content (AvgIpc) is 1.56. The van der Waals surface area contributed by atoms with Crippen molar-refractivity contribution in [2.45, 2.75) is 186 Å². The van der Waals surface area contributed by atoms with Gasteiger partial charge in [0.1, 0.15) is 44.8 Å². The van der Waals surface area contributed by atoms with Gasteiger partial charge in [-0.15, -0.1) is 0 Å². The molecule has 2 unspecified atom stereocenters. The Bertz CT molecular complexity index is 3680. The van der Waals surface area contributed by atoms with Gasteiger partial charge in [-0.2, -0.15) is 0 Å². The fourth-order valence-electron chi connectivity index (χ4n) is 14.8. The molecule has 0 saturated heterocycles. The zero-order valence-electron chi connectivity index (χ0n) is 51.9. The van der Waals surface area contributed by atoms with E-state index in [0.717, 1.165) is 125 Å². The SMILES string of the molecule is CCOC(=O)c1cnc2[nH]ccc2c1NC1C2CC3CC1CC(O)(C3)C2.CCOC(=O)c1cnc2[nH]ccc2c1NC1CCCC1.CCOC(=O)c1cnc2[nH]ccc2c1NC1CCCCC1.CCOC(=O)c1cnc2[nH]ccc2c1NC1CCCCCC1. The van der Waals surface area contributed by atoms with Crippen LogP contribution in [0.4, 0.5) is 22.7 Å². The van der Waals surface area contributed by atoms with Crippen molar-refractivity contribution in [2.75, 3.05) is 47.7 Å². The van der Waals surface area contributed by atoms with Crippen LogP contribution in [0.2, 0.25) is 0 Å². The first-order valence-electron chi connectivity index (χ1n) is 32.8. The maximum atomic E-state index is 12.5. The zero-order chi connectivity index (χ0) is 61.9. The van der Waals surface area contributed by atoms with Crippen LogP contribution >= 0.6 is 0 Å². The third-order valence-corrected chi connectivity index (χ3v) is 18.7. The Kier molecular flexibility index (Phi) is 20.3. The summed E-state index contributed by atoms with van der Waals surface area (Å²) in [5.41, 5.74) is 8.13. The van der Waals surface area contributed by atoms with Gasteiger partial charge in [0.25, 0.3) is 0 Å². The maximum Gasteiger partial charge on any atom is 0.341 e. The standard InChI is InChI=1S/C20H25N3O3.C17H23N3O2.C16H21N3O2.C15H19N3O2/c1-2-26-19(24)15-10-22-18-14(3-4-21-18)17(15)23-16-12-5-11-6-13(16)9-20(25,7-11)8-12;1-2-22-17(21)14-11-19-16-13(9-10-18-16)15(14)20-12-7-5-3-4-6-8-12;1-2-21-16(20)13-10-18-15-12(8-9-17-15)14(13)19-11-6-4-3-5-7-11;1-2-20-15(19)12-9-17-14-11(7-8-16-14)13(12)18-10-5-3-4-6-10/h3-4,10-13,16,25H,2,5-9H2,1H3,(H2,21,22,23);9-12H,2-8H2,1H3,(H2,18,19,20);8-11H,2-7H2,1H3,(H2,17,18,19);7-10H,2-6H2,1H3,(H2,16,17,18). The van der Waals surface area contributed by atoms with E-state index < -0.39 is 5.60 Å². The van der Waals surface area contributed by atoms with E-state index >= 15 is 0 Å². The molecule has 89 heavy (non-hydrogen) atoms. The second-order valence-corrected chi connectivity index (χ2v) is 24.8. The molecule has 7 aliphatic rings. The van der Waals surface area contributed by atoms with E-state index in [4.69, 9.17) is 18.9 Å². The first-order valence-corrected chi connectivity index (χ1v) is 32.8. The predicted octanol–water partition coefficient (Wildman–Crippen LogP) is 13.5. The number of hydrogen-bond donors (Lipinski definition) is 9. The molecule has 2 atom stereocenters. The summed E-state index contributed by atoms with van der Waals surface area (Å²) >= 11 is 0. The van der Waals surface area contributed by atoms with Gasteiger partial charge in [0.2, 0.25) is 0 Å². The molecule has 15 rings (SSSR count). The molecule has 9 N–H and O–H groups in total. The number of carbonyl (C=O) groups excluding carboxylic acids is 4. The lowest BCUT2D eigenvalue weighted by Gasteiger charge is -2.58. The number of hydrogen-bond acceptors (Lipinski definition) is 17. The lowest BCUT2D eigenvalue weighted by molar-refractivity contribution is -0.129. The summed E-state index contributed by atoms with van der Waals surface area (Å²) in [7, 11) is 0. The Morgan fingerprint density at radius 3 is 1.01 bits per heavy atom. The molecule has 8 aromatic heterocycles. The van der Waals surface area contributed by atoms with Gasteiger partial charge in [0.05, 0.1) is 54.8 Å². The molecule has 474 valence electrons. The van der Waals surface area contributed by atoms with E-state index in [2.05, 4.69) is 61.1 Å². The molecule has 7 fully saturated rings. The highest BCUT2D eigenvalue weighted by Gasteiger charge is 2.55. The van der Waals surface area contributed by atoms with Crippen molar-refractivity contribution < 1.29 is 43.2 Å². The van der Waals surface area contributed by atoms with E-state index in [1.54, 1.807) is 24.8 Å². The molecule has 0 radical (unpaired) electrons. The normalized spacial score (nSPS) is 21.6. The Morgan fingerprint density at radius 1 is 0.438 bits per heavy atom. The van der Waals surface area contributed by atoms with Gasteiger partial charge in [-0.05, 0) is 140 Å². The Labute approximate surface area is 519 Å². The number of aromatic nitrogens is 8. The number of ether oxygens (including phenoxy) is 4. The number of aromatic amines is 4. The summed E-state index contributed by atoms with van der Waals surface area (Å²) in [6.07, 6.45) is 37.1. The molecule has 8 aromatic rings. The van der Waals surface area contributed by atoms with Crippen molar-refractivity contribution >= 4 is 90.8 Å². The number of nitrogens with zero attached hydrogens (tertiary/aromatic N) is 4. The molecule has 7 aliphatic carbocycles. The highest BCUT2D eigenvalue weighted by molar-refractivity contribution is 6.07. The molecule has 21 heteroatoms. The highest BCUT2D eigenvalue weighted by Crippen LogP contribution is 2.56. The Balaban J connectivity index is 0.000000123. The number of rotatable bonds is 16. The van der Waals surface area contributed by atoms with Gasteiger partial charge < -0.3 is 65.3 Å². The number of nitrogens with one attached hydrogen (secondary N) is 8. The van der Waals surface area contributed by atoms with Crippen LogP contribution in [-0.4, -0.2) is 125 Å². The van der Waals surface area contributed by atoms with E-state index in [1.165, 1.54) is 70.6 Å². The molecule has 7 saturated carbocycles. The minimum Gasteiger partial charge on any atom is -0.462 e. The van der Waals surface area contributed by atoms with Gasteiger partial charge in [-0.1, -0.05) is 57.8 Å². The molecule has 0 amide bonds. The number of fused-ring (bicyclic) bond motifs is 4. The predicted molar refractivity (Wildman–Crippen MR) is 346 cm³/mol. The van der Waals surface area contributed by atoms with E-state index in [-0.39, 0.29) is 23.9 Å². The Morgan fingerprint density at radius 2 is 0.719 bits per heavy atom. The second-order valence-electron chi connectivity index (χ2n) is 24.8. The van der Waals surface area contributed by atoms with Crippen molar-refractivity contribution in [3.05, 3.63) is 96.1 Å². The summed E-state index contributed by atoms with van der Waals surface area (Å²) in [5, 5.41) is 29.0. The van der Waals surface area contributed by atoms with Gasteiger partial charge in [-0.3, -0.25) is 0 Å². The fraction of sp³-hybridized carbons (Fsp3) is 0.529. The second kappa shape index (κ2) is 29.0. The van der Waals surface area contributed by atoms with E-state index in [0.29, 0.717) is 90.6 Å². The molecule has 0 spiro atoms. The van der Waals surface area contributed by atoms with Crippen molar-refractivity contribution in [3.8, 4) is 0 Å². The summed E-state index contributed by atoms with van der Waals surface area (Å²) in [6, 6.07) is 9.38. The summed E-state index contributed by atoms with van der Waals surface area (Å²) in [6.45, 7) is 8.70. The maximum absolute atomic E-state index is 12.5. The number of anilines is 4. The third kappa shape index (κ3) is 14.5. The van der Waals surface area contributed by atoms with Crippen molar-refractivity contribution in [2.24, 2.45) is 17.8 Å². The van der Waals surface area contributed by atoms with Gasteiger partial charge in [0, 0.05) is 95.3 Å². The third-order valence-electron chi connectivity index (χ3n) is 18.7. The summed E-state index contributed by atoms with van der Waals surface area (Å²) < 4.78 is 20.7. The molecular weight excluding hydrogens is 1130 g/mol. The molecule has 0 aromatic carbocycles. The lowest BCUT2D eigenvalue weighted by Crippen LogP contribution is -2.59. The molecular formula is C68H88N12O9. The smallest absolute Gasteiger partial charge is 0.341 e. The fourth-order valence-corrected chi connectivity index (χ4v) is 14.8. The highest BCUT2D eigenvalue weighted by atomic mass is 16.5. The number of aliphatic hydroxyl groups is 1. The number of esters is 4. The first-order chi connectivity index (χ1) is 43.4. The average molecular weight is 1220 g/mol. The minimum absolute atomic E-state index is 0.292. The topological polar surface area (TPSA) is 288 Å². The summed E-state index contributed by atoms with van der Waals surface area (Å²) in [5.74, 6) is 0.300. The minimum atomic E-state index is -0.458. The summed E-state index contributed by atoms with van der Waals surface area (Å²) in [4.78, 5) is 78.6. The number of carbonyl (C=O) groups is 4. The van der Waals surface area contributed by atoms with Crippen LogP contribution < -0.4 is 21.3 Å². The largest absolute Gasteiger partial charge is 0.462 e. The van der Waals surface area contributed by atoms with Crippen LogP contribution in [0, 0.1) is 17.8 Å². The quantitative estimate of drug-likeness (QED) is 0.0247. The lowest BCUT2D eigenvalue weighted by atomic mass is 9.52. The van der Waals surface area contributed by atoms with Crippen molar-refractivity contribution in [1.82, 2.24) is 39.9 Å². The monoisotopic (exact) mass is 1220 g/mol. The zero-order valence-corrected chi connectivity index (χ0v) is 51.9. The van der Waals surface area contributed by atoms with Crippen LogP contribution in [0.5, 0.6) is 0 Å². The number of pyridine rings is 4.